The maximum atomic E-state index is 5.16. The number of hydrazine groups is 1. The van der Waals surface area contributed by atoms with Crippen LogP contribution in [0.1, 0.15) is 32.0 Å². The van der Waals surface area contributed by atoms with E-state index >= 15 is 0 Å². The molecule has 0 bridgehead atoms. The number of anilines is 1. The second-order valence-corrected chi connectivity index (χ2v) is 237. The molecule has 208 valence electrons. The molecule has 22 heteroatoms. The van der Waals surface area contributed by atoms with E-state index in [2.05, 4.69) is 236 Å². The molecule has 1 aromatic rings. The summed E-state index contributed by atoms with van der Waals surface area (Å²) >= 11 is 25.7. The Balaban J connectivity index is 3.28. The van der Waals surface area contributed by atoms with Crippen LogP contribution in [0.4, 0.5) is 5.82 Å². The van der Waals surface area contributed by atoms with Crippen molar-refractivity contribution in [1.29, 1.82) is 0 Å². The van der Waals surface area contributed by atoms with Crippen LogP contribution in [0.5, 0.6) is 0 Å². The standard InChI is InChI=1S/C11H16I18N4/c1-6-7-8(32(5)30-6)31-33(9(2,3)4)11(24(14)15,25(16)22-12)10(7,26(17)28(19)20)27(18)29(21)23-13/h31H,1-5H3/q-2. The zero-order chi connectivity index (χ0) is 25.7. The number of halogens is 18. The molecule has 4 nitrogen and oxygen atoms in total. The monoisotopic (exact) mass is 2490 g/mol. The van der Waals surface area contributed by atoms with E-state index < -0.39 is 63.3 Å². The average molecular weight is 2490 g/mol. The van der Waals surface area contributed by atoms with E-state index in [0.717, 1.165) is 0 Å². The van der Waals surface area contributed by atoms with Gasteiger partial charge in [-0.2, -0.15) is 0 Å². The molecule has 1 aromatic heterocycles. The topological polar surface area (TPSA) is 33.1 Å². The van der Waals surface area contributed by atoms with Crippen LogP contribution in [0, 0.1) is 6.92 Å². The molecule has 0 radical (unpaired) electrons. The van der Waals surface area contributed by atoms with Gasteiger partial charge < -0.3 is 0 Å². The number of fused-ring (bicyclic) bond motifs is 1. The van der Waals surface area contributed by atoms with Crippen molar-refractivity contribution in [3.05, 3.63) is 11.3 Å². The first-order chi connectivity index (χ1) is 15.1. The SMILES string of the molecule is Cc1nn(C)c2c1C(I(I)I(I)I)(I(I)I(I)[I-]I)C(I(I)I)(I(I)[I-]I)N(C(C)(C)C)N2. The molecule has 0 saturated carbocycles. The minimum atomic E-state index is -1.38. The van der Waals surface area contributed by atoms with E-state index in [1.54, 1.807) is 5.56 Å². The van der Waals surface area contributed by atoms with Gasteiger partial charge in [-0.05, 0) is 0 Å². The molecule has 0 fully saturated rings. The average Bonchev–Trinajstić information content (AvgIpc) is 3.02. The van der Waals surface area contributed by atoms with Gasteiger partial charge in [-0.15, -0.1) is 0 Å². The van der Waals surface area contributed by atoms with E-state index in [0.29, 0.717) is 16.2 Å². The molecule has 0 saturated heterocycles. The Kier molecular flexibility index (Phi) is 22.8. The number of aromatic nitrogens is 2. The normalized spacial score (nSPS) is 26.5. The number of alkyl halides is 4. The van der Waals surface area contributed by atoms with Crippen molar-refractivity contribution in [1.82, 2.24) is 14.8 Å². The Hall–Kier alpha value is 12.1. The third-order valence-corrected chi connectivity index (χ3v) is 433. The summed E-state index contributed by atoms with van der Waals surface area (Å²) in [4.78, 5) is 0. The molecule has 1 aliphatic rings. The van der Waals surface area contributed by atoms with Gasteiger partial charge in [0.25, 0.3) is 0 Å². The molecular formula is C11H16I18N4-2. The Bertz CT molecular complexity index is 829. The van der Waals surface area contributed by atoms with E-state index in [9.17, 15) is 0 Å². The molecule has 0 amide bonds. The minimum absolute atomic E-state index is 0.101. The van der Waals surface area contributed by atoms with Gasteiger partial charge >= 0.3 is 356 Å². The fourth-order valence-electron chi connectivity index (χ4n) is 3.12. The van der Waals surface area contributed by atoms with Gasteiger partial charge in [0, 0.05) is 0 Å². The first-order valence-corrected chi connectivity index (χ1v) is 100. The Morgan fingerprint density at radius 3 is 1.88 bits per heavy atom. The zero-order valence-corrected chi connectivity index (χ0v) is 55.5. The number of hydrogen-bond acceptors (Lipinski definition) is 3. The van der Waals surface area contributed by atoms with Gasteiger partial charge in [-0.3, -0.25) is 0 Å². The second-order valence-electron chi connectivity index (χ2n) is 6.89. The predicted molar refractivity (Wildman–Crippen MR) is 282 cm³/mol. The van der Waals surface area contributed by atoms with Crippen molar-refractivity contribution in [2.45, 2.75) is 36.2 Å². The molecule has 2 atom stereocenters. The first kappa shape index (κ1) is 41.3. The van der Waals surface area contributed by atoms with Crippen molar-refractivity contribution in [3.63, 3.8) is 0 Å². The van der Waals surface area contributed by atoms with Crippen LogP contribution in [-0.2, 0) is 8.48 Å². The van der Waals surface area contributed by atoms with Gasteiger partial charge in [0.1, 0.15) is 0 Å². The molecule has 2 heterocycles. The van der Waals surface area contributed by atoms with Gasteiger partial charge in [0.15, 0.2) is 0 Å². The van der Waals surface area contributed by atoms with Gasteiger partial charge in [0.2, 0.25) is 0 Å². The number of rotatable bonds is 8. The summed E-state index contributed by atoms with van der Waals surface area (Å²) in [6.45, 7) is 9.82. The number of aryl methyl sites for hydroxylation is 2. The summed E-state index contributed by atoms with van der Waals surface area (Å²) in [6, 6.07) is 0. The molecule has 1 aliphatic heterocycles. The van der Waals surface area contributed by atoms with E-state index in [-0.39, 0.29) is 18.8 Å². The maximum absolute atomic E-state index is 5.16. The van der Waals surface area contributed by atoms with Gasteiger partial charge in [-0.25, -0.2) is 0 Å². The molecular weight excluding hydrogens is 2470 g/mol. The van der Waals surface area contributed by atoms with Crippen LogP contribution in [0.3, 0.4) is 0 Å². The van der Waals surface area contributed by atoms with E-state index in [4.69, 9.17) is 5.10 Å². The summed E-state index contributed by atoms with van der Waals surface area (Å²) in [7, 11) is 0.229. The fourth-order valence-corrected chi connectivity index (χ4v) is 524. The van der Waals surface area contributed by atoms with Crippen LogP contribution in [0.2, 0.25) is 0 Å². The number of nitrogens with zero attached hydrogens (tertiary/aromatic N) is 3. The summed E-state index contributed by atoms with van der Waals surface area (Å²) < 4.78 is 3.18. The molecule has 33 heavy (non-hydrogen) atoms. The zero-order valence-electron chi connectivity index (χ0n) is 16.6. The summed E-state index contributed by atoms with van der Waals surface area (Å²) in [5, 5.41) is 8.12. The van der Waals surface area contributed by atoms with Crippen molar-refractivity contribution < 1.29 is 26.5 Å². The van der Waals surface area contributed by atoms with Crippen LogP contribution in [0.15, 0.2) is 0 Å². The molecule has 0 aliphatic carbocycles. The molecule has 0 spiro atoms. The molecule has 1 N–H and O–H groups in total. The summed E-state index contributed by atoms with van der Waals surface area (Å²) in [5.74, 6) is 1.37. The quantitative estimate of drug-likeness (QED) is 0.160. The van der Waals surface area contributed by atoms with E-state index in [1.807, 2.05) is 0 Å². The predicted octanol–water partition coefficient (Wildman–Crippen LogP) is 9.35. The van der Waals surface area contributed by atoms with Crippen molar-refractivity contribution in [3.8, 4) is 0 Å². The Morgan fingerprint density at radius 1 is 0.939 bits per heavy atom. The third-order valence-electron chi connectivity index (χ3n) is 4.13. The van der Waals surface area contributed by atoms with Crippen molar-refractivity contribution >= 4 is 255 Å². The Labute approximate surface area is 342 Å². The second kappa shape index (κ2) is 18.2. The fraction of sp³-hybridized carbons (Fsp3) is 0.727. The van der Waals surface area contributed by atoms with Crippen molar-refractivity contribution in [2.24, 2.45) is 7.05 Å². The van der Waals surface area contributed by atoms with Crippen LogP contribution >= 0.6 is 249 Å². The molecule has 2 unspecified atom stereocenters. The van der Waals surface area contributed by atoms with Crippen molar-refractivity contribution in [2.75, 3.05) is 5.43 Å². The van der Waals surface area contributed by atoms with Crippen LogP contribution in [-0.4, -0.2) is 21.9 Å². The summed E-state index contributed by atoms with van der Waals surface area (Å²) in [5.41, 5.74) is 7.39. The van der Waals surface area contributed by atoms with Crippen LogP contribution in [0.25, 0.3) is 0 Å². The third kappa shape index (κ3) is 8.65. The van der Waals surface area contributed by atoms with Crippen LogP contribution < -0.4 is 31.9 Å². The summed E-state index contributed by atoms with van der Waals surface area (Å²) in [6.07, 6.45) is 0. The molecule has 0 aromatic carbocycles. The van der Waals surface area contributed by atoms with Gasteiger partial charge in [0.05, 0.1) is 0 Å². The molecule has 2 rings (SSSR count). The van der Waals surface area contributed by atoms with Gasteiger partial charge in [-0.1, -0.05) is 0 Å². The first-order valence-electron chi connectivity index (χ1n) is 7.77. The Morgan fingerprint density at radius 2 is 1.48 bits per heavy atom. The number of nitrogens with one attached hydrogen (secondary N) is 1. The number of hydrogen-bond donors (Lipinski definition) is 1. The van der Waals surface area contributed by atoms with E-state index in [1.165, 1.54) is 11.5 Å².